The number of aromatic nitrogens is 1. The first kappa shape index (κ1) is 10.9. The molecule has 1 aromatic rings. The number of fused-ring (bicyclic) bond motifs is 1. The van der Waals surface area contributed by atoms with E-state index in [0.29, 0.717) is 5.69 Å². The molecule has 1 atom stereocenters. The van der Waals surface area contributed by atoms with Gasteiger partial charge in [0.05, 0.1) is 17.3 Å². The van der Waals surface area contributed by atoms with Crippen LogP contribution in [0.1, 0.15) is 24.6 Å². The van der Waals surface area contributed by atoms with Gasteiger partial charge in [-0.2, -0.15) is 0 Å². The normalized spacial score (nSPS) is 22.9. The third kappa shape index (κ3) is 1.54. The van der Waals surface area contributed by atoms with Gasteiger partial charge in [0.25, 0.3) is 0 Å². The van der Waals surface area contributed by atoms with E-state index in [1.165, 1.54) is 0 Å². The summed E-state index contributed by atoms with van der Waals surface area (Å²) in [4.78, 5) is 16.3. The molecule has 0 bridgehead atoms. The van der Waals surface area contributed by atoms with E-state index < -0.39 is 0 Å². The van der Waals surface area contributed by atoms with Crippen molar-refractivity contribution in [3.8, 4) is 0 Å². The van der Waals surface area contributed by atoms with Crippen LogP contribution in [0.2, 0.25) is 0 Å². The van der Waals surface area contributed by atoms with Crippen LogP contribution in [0.5, 0.6) is 0 Å². The zero-order valence-corrected chi connectivity index (χ0v) is 9.71. The summed E-state index contributed by atoms with van der Waals surface area (Å²) in [5.74, 6) is 0.103. The second kappa shape index (κ2) is 3.77. The summed E-state index contributed by atoms with van der Waals surface area (Å²) in [6, 6.07) is 1.93. The molecule has 0 aromatic carbocycles. The molecule has 2 rings (SSSR count). The highest BCUT2D eigenvalue weighted by atomic mass is 16.2. The Morgan fingerprint density at radius 2 is 2.38 bits per heavy atom. The molecule has 1 aliphatic carbocycles. The van der Waals surface area contributed by atoms with Crippen molar-refractivity contribution in [3.05, 3.63) is 23.5 Å². The van der Waals surface area contributed by atoms with Gasteiger partial charge in [-0.1, -0.05) is 6.92 Å². The highest BCUT2D eigenvalue weighted by Crippen LogP contribution is 2.39. The Hall–Kier alpha value is -1.58. The molecule has 4 nitrogen and oxygen atoms in total. The summed E-state index contributed by atoms with van der Waals surface area (Å²) in [7, 11) is 1.69. The molecule has 0 aliphatic heterocycles. The summed E-state index contributed by atoms with van der Waals surface area (Å²) in [5.41, 5.74) is 8.18. The Kier molecular flexibility index (Phi) is 2.58. The molecular formula is C12H17N3O. The van der Waals surface area contributed by atoms with E-state index in [2.05, 4.69) is 10.3 Å². The number of nitrogens with one attached hydrogen (secondary N) is 1. The third-order valence-corrected chi connectivity index (χ3v) is 3.50. The number of pyridine rings is 1. The van der Waals surface area contributed by atoms with Gasteiger partial charge in [0.1, 0.15) is 0 Å². The lowest BCUT2D eigenvalue weighted by Gasteiger charge is -2.24. The van der Waals surface area contributed by atoms with Crippen LogP contribution in [-0.2, 0) is 17.6 Å². The average Bonchev–Trinajstić information content (AvgIpc) is 2.67. The quantitative estimate of drug-likeness (QED) is 0.776. The number of nitrogens with zero attached hydrogens (tertiary/aromatic N) is 1. The van der Waals surface area contributed by atoms with Crippen LogP contribution in [0.3, 0.4) is 0 Å². The van der Waals surface area contributed by atoms with Crippen molar-refractivity contribution in [3.63, 3.8) is 0 Å². The van der Waals surface area contributed by atoms with Gasteiger partial charge in [-0.3, -0.25) is 9.78 Å². The lowest BCUT2D eigenvalue weighted by Crippen LogP contribution is -2.39. The van der Waals surface area contributed by atoms with Crippen molar-refractivity contribution in [1.82, 2.24) is 10.3 Å². The predicted molar refractivity (Wildman–Crippen MR) is 62.8 cm³/mol. The highest BCUT2D eigenvalue weighted by molar-refractivity contribution is 5.84. The summed E-state index contributed by atoms with van der Waals surface area (Å²) >= 11 is 0. The number of hydrogen-bond donors (Lipinski definition) is 2. The molecule has 1 unspecified atom stereocenters. The smallest absolute Gasteiger partial charge is 0.226 e. The van der Waals surface area contributed by atoms with E-state index in [0.717, 1.165) is 30.5 Å². The first-order valence-electron chi connectivity index (χ1n) is 5.57. The van der Waals surface area contributed by atoms with E-state index in [-0.39, 0.29) is 11.3 Å². The Morgan fingerprint density at radius 3 is 3.00 bits per heavy atom. The van der Waals surface area contributed by atoms with Gasteiger partial charge in [0.15, 0.2) is 0 Å². The Labute approximate surface area is 95.3 Å². The minimum Gasteiger partial charge on any atom is -0.397 e. The first-order valence-corrected chi connectivity index (χ1v) is 5.57. The van der Waals surface area contributed by atoms with Crippen LogP contribution < -0.4 is 11.1 Å². The fourth-order valence-corrected chi connectivity index (χ4v) is 2.45. The number of rotatable bonds is 2. The minimum absolute atomic E-state index is 0.103. The summed E-state index contributed by atoms with van der Waals surface area (Å²) in [6.07, 6.45) is 3.95. The number of anilines is 1. The lowest BCUT2D eigenvalue weighted by atomic mass is 9.81. The van der Waals surface area contributed by atoms with Gasteiger partial charge in [-0.15, -0.1) is 0 Å². The highest BCUT2D eigenvalue weighted by Gasteiger charge is 2.42. The number of carbonyl (C=O) groups is 1. The molecule has 1 aromatic heterocycles. The molecule has 0 saturated carbocycles. The molecule has 0 spiro atoms. The zero-order chi connectivity index (χ0) is 11.8. The van der Waals surface area contributed by atoms with Crippen molar-refractivity contribution in [2.24, 2.45) is 5.41 Å². The van der Waals surface area contributed by atoms with E-state index in [4.69, 9.17) is 5.73 Å². The molecule has 3 N–H and O–H groups in total. The number of nitrogen functional groups attached to an aromatic ring is 1. The molecule has 16 heavy (non-hydrogen) atoms. The molecule has 0 saturated heterocycles. The molecule has 1 heterocycles. The topological polar surface area (TPSA) is 68.0 Å². The lowest BCUT2D eigenvalue weighted by molar-refractivity contribution is -0.130. The third-order valence-electron chi connectivity index (χ3n) is 3.50. The summed E-state index contributed by atoms with van der Waals surface area (Å²) in [6.45, 7) is 2.05. The van der Waals surface area contributed by atoms with Crippen molar-refractivity contribution in [2.45, 2.75) is 26.2 Å². The van der Waals surface area contributed by atoms with Crippen molar-refractivity contribution < 1.29 is 4.79 Å². The fraction of sp³-hybridized carbons (Fsp3) is 0.500. The molecule has 1 amide bonds. The minimum atomic E-state index is -0.322. The largest absolute Gasteiger partial charge is 0.397 e. The van der Waals surface area contributed by atoms with Crippen LogP contribution in [0.4, 0.5) is 5.69 Å². The number of hydrogen-bond acceptors (Lipinski definition) is 3. The average molecular weight is 219 g/mol. The summed E-state index contributed by atoms with van der Waals surface area (Å²) < 4.78 is 0. The van der Waals surface area contributed by atoms with Crippen LogP contribution in [-0.4, -0.2) is 17.9 Å². The van der Waals surface area contributed by atoms with E-state index >= 15 is 0 Å². The van der Waals surface area contributed by atoms with Crippen LogP contribution >= 0.6 is 0 Å². The second-order valence-electron chi connectivity index (χ2n) is 4.44. The molecule has 4 heteroatoms. The van der Waals surface area contributed by atoms with Crippen molar-refractivity contribution in [1.29, 1.82) is 0 Å². The van der Waals surface area contributed by atoms with Crippen LogP contribution in [0.15, 0.2) is 12.3 Å². The molecule has 0 fully saturated rings. The second-order valence-corrected chi connectivity index (χ2v) is 4.44. The van der Waals surface area contributed by atoms with E-state index in [1.54, 1.807) is 13.2 Å². The van der Waals surface area contributed by atoms with Gasteiger partial charge >= 0.3 is 0 Å². The maximum Gasteiger partial charge on any atom is 0.226 e. The Bertz CT molecular complexity index is 430. The molecular weight excluding hydrogens is 202 g/mol. The van der Waals surface area contributed by atoms with Crippen LogP contribution in [0, 0.1) is 5.41 Å². The van der Waals surface area contributed by atoms with Crippen molar-refractivity contribution in [2.75, 3.05) is 12.8 Å². The maximum atomic E-state index is 12.0. The molecule has 86 valence electrons. The van der Waals surface area contributed by atoms with Gasteiger partial charge in [-0.05, 0) is 24.5 Å². The Balaban J connectivity index is 2.35. The summed E-state index contributed by atoms with van der Waals surface area (Å²) in [5, 5.41) is 2.75. The van der Waals surface area contributed by atoms with Gasteiger partial charge in [0, 0.05) is 19.2 Å². The van der Waals surface area contributed by atoms with Gasteiger partial charge in [0.2, 0.25) is 5.91 Å². The van der Waals surface area contributed by atoms with Crippen LogP contribution in [0.25, 0.3) is 0 Å². The Morgan fingerprint density at radius 1 is 1.62 bits per heavy atom. The monoisotopic (exact) mass is 219 g/mol. The van der Waals surface area contributed by atoms with Gasteiger partial charge < -0.3 is 11.1 Å². The molecule has 1 aliphatic rings. The van der Waals surface area contributed by atoms with E-state index in [1.807, 2.05) is 13.0 Å². The number of carbonyl (C=O) groups excluding carboxylic acids is 1. The zero-order valence-electron chi connectivity index (χ0n) is 9.71. The maximum absolute atomic E-state index is 12.0. The van der Waals surface area contributed by atoms with Crippen molar-refractivity contribution >= 4 is 11.6 Å². The molecule has 0 radical (unpaired) electrons. The van der Waals surface area contributed by atoms with Gasteiger partial charge in [-0.25, -0.2) is 0 Å². The predicted octanol–water partition coefficient (Wildman–Crippen LogP) is 0.905. The number of nitrogens with two attached hydrogens (primary N) is 1. The standard InChI is InChI=1S/C12H17N3O/c1-3-12(11(16)14-2)5-8-4-9(13)7-15-10(8)6-12/h4,7H,3,5-6,13H2,1-2H3,(H,14,16). The SMILES string of the molecule is CCC1(C(=O)NC)Cc2cc(N)cnc2C1. The fourth-order valence-electron chi connectivity index (χ4n) is 2.45. The van der Waals surface area contributed by atoms with E-state index in [9.17, 15) is 4.79 Å². The first-order chi connectivity index (χ1) is 7.61. The number of amides is 1.